The molecule has 5 heteroatoms. The van der Waals surface area contributed by atoms with Crippen molar-refractivity contribution < 1.29 is 4.79 Å². The fraction of sp³-hybridized carbons (Fsp3) is 0.579. The van der Waals surface area contributed by atoms with Gasteiger partial charge in [0, 0.05) is 30.4 Å². The normalized spacial score (nSPS) is 24.7. The van der Waals surface area contributed by atoms with E-state index in [0.717, 1.165) is 36.2 Å². The average Bonchev–Trinajstić information content (AvgIpc) is 3.19. The van der Waals surface area contributed by atoms with Crippen molar-refractivity contribution in [3.63, 3.8) is 0 Å². The van der Waals surface area contributed by atoms with Gasteiger partial charge < -0.3 is 15.5 Å². The van der Waals surface area contributed by atoms with Gasteiger partial charge in [0.2, 0.25) is 0 Å². The van der Waals surface area contributed by atoms with E-state index in [2.05, 4.69) is 10.6 Å². The topological polar surface area (TPSA) is 44.4 Å². The van der Waals surface area contributed by atoms with Crippen molar-refractivity contribution in [2.45, 2.75) is 45.6 Å². The first-order valence-electron chi connectivity index (χ1n) is 9.07. The van der Waals surface area contributed by atoms with Crippen molar-refractivity contribution in [3.8, 4) is 0 Å². The number of anilines is 1. The summed E-state index contributed by atoms with van der Waals surface area (Å²) in [5.74, 6) is 1.78. The van der Waals surface area contributed by atoms with Gasteiger partial charge in [-0.25, -0.2) is 0 Å². The third-order valence-electron chi connectivity index (χ3n) is 5.49. The van der Waals surface area contributed by atoms with Gasteiger partial charge in [0.15, 0.2) is 5.11 Å². The maximum Gasteiger partial charge on any atom is 0.253 e. The quantitative estimate of drug-likeness (QED) is 0.800. The van der Waals surface area contributed by atoms with Crippen molar-refractivity contribution >= 4 is 28.9 Å². The maximum absolute atomic E-state index is 12.3. The van der Waals surface area contributed by atoms with Crippen LogP contribution in [-0.2, 0) is 0 Å². The smallest absolute Gasteiger partial charge is 0.253 e. The van der Waals surface area contributed by atoms with Crippen LogP contribution in [0.15, 0.2) is 24.3 Å². The van der Waals surface area contributed by atoms with Crippen LogP contribution in [0.5, 0.6) is 0 Å². The molecule has 0 saturated heterocycles. The fourth-order valence-corrected chi connectivity index (χ4v) is 4.42. The molecule has 130 valence electrons. The second-order valence-electron chi connectivity index (χ2n) is 6.93. The molecule has 0 aliphatic heterocycles. The van der Waals surface area contributed by atoms with Crippen LogP contribution in [0.25, 0.3) is 0 Å². The lowest BCUT2D eigenvalue weighted by atomic mass is 9.96. The minimum Gasteiger partial charge on any atom is -0.359 e. The molecule has 2 aliphatic carbocycles. The largest absolute Gasteiger partial charge is 0.359 e. The molecule has 2 saturated carbocycles. The summed E-state index contributed by atoms with van der Waals surface area (Å²) in [6, 6.07) is 8.11. The van der Waals surface area contributed by atoms with Gasteiger partial charge in [0.1, 0.15) is 0 Å². The molecule has 0 heterocycles. The highest BCUT2D eigenvalue weighted by molar-refractivity contribution is 7.80. The molecule has 0 radical (unpaired) electrons. The van der Waals surface area contributed by atoms with Crippen LogP contribution in [0.4, 0.5) is 5.69 Å². The summed E-state index contributed by atoms with van der Waals surface area (Å²) in [7, 11) is 0. The number of rotatable bonds is 5. The van der Waals surface area contributed by atoms with E-state index in [-0.39, 0.29) is 5.91 Å². The predicted octanol–water partition coefficient (Wildman–Crippen LogP) is 3.64. The van der Waals surface area contributed by atoms with E-state index in [9.17, 15) is 4.79 Å². The summed E-state index contributed by atoms with van der Waals surface area (Å²) in [4.78, 5) is 14.1. The van der Waals surface area contributed by atoms with Crippen molar-refractivity contribution in [1.29, 1.82) is 0 Å². The van der Waals surface area contributed by atoms with Gasteiger partial charge in [-0.15, -0.1) is 0 Å². The first kappa shape index (κ1) is 17.2. The number of nitrogens with zero attached hydrogens (tertiary/aromatic N) is 1. The van der Waals surface area contributed by atoms with Crippen molar-refractivity contribution in [2.24, 2.45) is 11.8 Å². The van der Waals surface area contributed by atoms with Crippen molar-refractivity contribution in [3.05, 3.63) is 29.8 Å². The van der Waals surface area contributed by atoms with Crippen LogP contribution >= 0.6 is 12.2 Å². The molecule has 3 rings (SSSR count). The molecule has 1 aromatic rings. The van der Waals surface area contributed by atoms with E-state index in [0.29, 0.717) is 11.2 Å². The van der Waals surface area contributed by atoms with E-state index in [4.69, 9.17) is 12.2 Å². The van der Waals surface area contributed by atoms with E-state index in [1.54, 1.807) is 0 Å². The summed E-state index contributed by atoms with van der Waals surface area (Å²) >= 11 is 5.45. The van der Waals surface area contributed by atoms with E-state index in [1.807, 2.05) is 43.0 Å². The Balaban J connectivity index is 1.54. The first-order chi connectivity index (χ1) is 11.6. The van der Waals surface area contributed by atoms with E-state index >= 15 is 0 Å². The molecular formula is C19H27N3OS. The van der Waals surface area contributed by atoms with E-state index < -0.39 is 0 Å². The minimum absolute atomic E-state index is 0.0780. The number of nitrogens with one attached hydrogen (secondary N) is 2. The zero-order valence-corrected chi connectivity index (χ0v) is 15.4. The van der Waals surface area contributed by atoms with E-state index in [1.165, 1.54) is 25.7 Å². The molecule has 2 bridgehead atoms. The minimum atomic E-state index is 0.0780. The number of carbonyl (C=O) groups excluding carboxylic acids is 1. The Kier molecular flexibility index (Phi) is 5.39. The summed E-state index contributed by atoms with van der Waals surface area (Å²) in [6.45, 7) is 5.45. The summed E-state index contributed by atoms with van der Waals surface area (Å²) in [6.07, 6.45) is 5.35. The summed E-state index contributed by atoms with van der Waals surface area (Å²) < 4.78 is 0. The highest BCUT2D eigenvalue weighted by Crippen LogP contribution is 2.44. The van der Waals surface area contributed by atoms with Crippen molar-refractivity contribution in [1.82, 2.24) is 10.2 Å². The Labute approximate surface area is 150 Å². The molecule has 24 heavy (non-hydrogen) atoms. The molecular weight excluding hydrogens is 318 g/mol. The molecule has 2 fully saturated rings. The number of fused-ring (bicyclic) bond motifs is 2. The third-order valence-corrected chi connectivity index (χ3v) is 5.71. The molecule has 3 atom stereocenters. The number of thiocarbonyl (C=S) groups is 1. The molecule has 2 aliphatic rings. The molecule has 0 aromatic heterocycles. The Morgan fingerprint density at radius 2 is 1.88 bits per heavy atom. The molecule has 0 unspecified atom stereocenters. The first-order valence-corrected chi connectivity index (χ1v) is 9.48. The second-order valence-corrected chi connectivity index (χ2v) is 7.34. The number of hydrogen-bond donors (Lipinski definition) is 2. The number of hydrogen-bond acceptors (Lipinski definition) is 2. The van der Waals surface area contributed by atoms with Gasteiger partial charge in [-0.2, -0.15) is 0 Å². The average molecular weight is 346 g/mol. The number of amides is 1. The van der Waals surface area contributed by atoms with Gasteiger partial charge in [-0.1, -0.05) is 6.42 Å². The Bertz CT molecular complexity index is 597. The lowest BCUT2D eigenvalue weighted by molar-refractivity contribution is 0.0773. The van der Waals surface area contributed by atoms with Gasteiger partial charge in [0.25, 0.3) is 5.91 Å². The van der Waals surface area contributed by atoms with Crippen LogP contribution in [0, 0.1) is 11.8 Å². The second kappa shape index (κ2) is 7.51. The van der Waals surface area contributed by atoms with Gasteiger partial charge in [-0.05, 0) is 81.4 Å². The van der Waals surface area contributed by atoms with Crippen LogP contribution in [-0.4, -0.2) is 35.1 Å². The fourth-order valence-electron chi connectivity index (χ4n) is 4.15. The number of benzene rings is 1. The van der Waals surface area contributed by atoms with Crippen LogP contribution < -0.4 is 10.6 Å². The van der Waals surface area contributed by atoms with Crippen LogP contribution in [0.2, 0.25) is 0 Å². The molecule has 1 aromatic carbocycles. The third kappa shape index (κ3) is 3.72. The van der Waals surface area contributed by atoms with Gasteiger partial charge in [-0.3, -0.25) is 4.79 Å². The Morgan fingerprint density at radius 3 is 2.42 bits per heavy atom. The molecule has 4 nitrogen and oxygen atoms in total. The molecule has 1 amide bonds. The summed E-state index contributed by atoms with van der Waals surface area (Å²) in [5, 5.41) is 7.42. The zero-order chi connectivity index (χ0) is 17.1. The SMILES string of the molecule is CCN(CC)C(=O)c1ccc(NC(=S)N[C@@H]2C[C@H]3CC[C@@H]2C3)cc1. The lowest BCUT2D eigenvalue weighted by Gasteiger charge is -2.24. The molecule has 2 N–H and O–H groups in total. The maximum atomic E-state index is 12.3. The van der Waals surface area contributed by atoms with Gasteiger partial charge >= 0.3 is 0 Å². The van der Waals surface area contributed by atoms with Crippen molar-refractivity contribution in [2.75, 3.05) is 18.4 Å². The highest BCUT2D eigenvalue weighted by atomic mass is 32.1. The van der Waals surface area contributed by atoms with Crippen LogP contribution in [0.3, 0.4) is 0 Å². The summed E-state index contributed by atoms with van der Waals surface area (Å²) in [5.41, 5.74) is 1.64. The van der Waals surface area contributed by atoms with Crippen LogP contribution in [0.1, 0.15) is 49.9 Å². The zero-order valence-electron chi connectivity index (χ0n) is 14.5. The Hall–Kier alpha value is -1.62. The number of carbonyl (C=O) groups is 1. The lowest BCUT2D eigenvalue weighted by Crippen LogP contribution is -2.40. The molecule has 0 spiro atoms. The Morgan fingerprint density at radius 1 is 1.17 bits per heavy atom. The predicted molar refractivity (Wildman–Crippen MR) is 102 cm³/mol. The highest BCUT2D eigenvalue weighted by Gasteiger charge is 2.39. The van der Waals surface area contributed by atoms with Gasteiger partial charge in [0.05, 0.1) is 0 Å². The monoisotopic (exact) mass is 345 g/mol. The standard InChI is InChI=1S/C19H27N3OS/c1-3-22(4-2)18(23)14-7-9-16(10-8-14)20-19(24)21-17-12-13-5-6-15(17)11-13/h7-10,13,15,17H,3-6,11-12H2,1-2H3,(H2,20,21,24)/t13-,15+,17+/m0/s1.